The Hall–Kier alpha value is -2.70. The van der Waals surface area contributed by atoms with Crippen molar-refractivity contribution in [2.24, 2.45) is 11.3 Å². The molecule has 1 N–H and O–H groups in total. The number of nitrogens with zero attached hydrogens (tertiary/aromatic N) is 2. The van der Waals surface area contributed by atoms with E-state index in [0.717, 1.165) is 12.8 Å². The van der Waals surface area contributed by atoms with Gasteiger partial charge in [0.1, 0.15) is 5.82 Å². The summed E-state index contributed by atoms with van der Waals surface area (Å²) in [7, 11) is 0. The molecule has 0 bridgehead atoms. The Morgan fingerprint density at radius 3 is 2.93 bits per heavy atom. The van der Waals surface area contributed by atoms with Crippen LogP contribution < -0.4 is 0 Å². The maximum absolute atomic E-state index is 13.8. The van der Waals surface area contributed by atoms with Gasteiger partial charge in [-0.2, -0.15) is 0 Å². The van der Waals surface area contributed by atoms with Crippen LogP contribution in [0, 0.1) is 17.2 Å². The molecule has 1 aromatic heterocycles. The molecule has 27 heavy (non-hydrogen) atoms. The first-order chi connectivity index (χ1) is 13.0. The predicted molar refractivity (Wildman–Crippen MR) is 94.2 cm³/mol. The van der Waals surface area contributed by atoms with Gasteiger partial charge in [0.25, 0.3) is 0 Å². The molecule has 0 spiro atoms. The molecule has 4 rings (SSSR count). The summed E-state index contributed by atoms with van der Waals surface area (Å²) < 4.78 is 19.4. The molecule has 1 aliphatic carbocycles. The van der Waals surface area contributed by atoms with Crippen molar-refractivity contribution in [2.45, 2.75) is 32.1 Å². The number of likely N-dealkylation sites (tertiary alicyclic amines) is 1. The third kappa shape index (κ3) is 3.11. The largest absolute Gasteiger partial charge is 0.481 e. The zero-order valence-corrected chi connectivity index (χ0v) is 14.9. The molecule has 2 heterocycles. The number of hydrogen-bond acceptors (Lipinski definition) is 4. The van der Waals surface area contributed by atoms with Gasteiger partial charge in [0.2, 0.25) is 5.91 Å². The highest BCUT2D eigenvalue weighted by molar-refractivity contribution is 5.81. The Balaban J connectivity index is 1.38. The van der Waals surface area contributed by atoms with E-state index in [1.807, 2.05) is 0 Å². The van der Waals surface area contributed by atoms with Crippen LogP contribution in [-0.4, -0.2) is 40.0 Å². The lowest BCUT2D eigenvalue weighted by atomic mass is 9.81. The van der Waals surface area contributed by atoms with Gasteiger partial charge in [-0.15, -0.1) is 0 Å². The van der Waals surface area contributed by atoms with Crippen LogP contribution in [0.3, 0.4) is 0 Å². The van der Waals surface area contributed by atoms with E-state index in [1.165, 1.54) is 12.3 Å². The summed E-state index contributed by atoms with van der Waals surface area (Å²) in [5.41, 5.74) is -0.435. The second kappa shape index (κ2) is 6.79. The van der Waals surface area contributed by atoms with Gasteiger partial charge in [0, 0.05) is 25.9 Å². The van der Waals surface area contributed by atoms with Gasteiger partial charge in [-0.05, 0) is 30.9 Å². The van der Waals surface area contributed by atoms with E-state index < -0.39 is 11.4 Å². The van der Waals surface area contributed by atoms with E-state index in [2.05, 4.69) is 4.98 Å². The van der Waals surface area contributed by atoms with Crippen molar-refractivity contribution in [3.8, 4) is 11.3 Å². The van der Waals surface area contributed by atoms with Gasteiger partial charge in [0.15, 0.2) is 11.7 Å². The number of halogens is 1. The van der Waals surface area contributed by atoms with Gasteiger partial charge in [-0.3, -0.25) is 9.59 Å². The summed E-state index contributed by atoms with van der Waals surface area (Å²) in [5.74, 6) is -0.518. The quantitative estimate of drug-likeness (QED) is 0.872. The van der Waals surface area contributed by atoms with Crippen molar-refractivity contribution >= 4 is 11.9 Å². The highest BCUT2D eigenvalue weighted by Crippen LogP contribution is 2.49. The Bertz CT molecular complexity index is 880. The molecule has 1 amide bonds. The SMILES string of the molecule is O=C(CCc1ncc(-c2ccccc2F)o1)N1C[C@@H]2CCC[C@@]2(C(=O)O)C1. The van der Waals surface area contributed by atoms with E-state index in [1.54, 1.807) is 23.1 Å². The molecular weight excluding hydrogens is 351 g/mol. The minimum Gasteiger partial charge on any atom is -0.481 e. The number of aromatic nitrogens is 1. The van der Waals surface area contributed by atoms with Crippen LogP contribution in [0.5, 0.6) is 0 Å². The van der Waals surface area contributed by atoms with Crippen molar-refractivity contribution in [1.82, 2.24) is 9.88 Å². The first-order valence-corrected chi connectivity index (χ1v) is 9.20. The summed E-state index contributed by atoms with van der Waals surface area (Å²) in [4.78, 5) is 30.1. The topological polar surface area (TPSA) is 83.6 Å². The zero-order chi connectivity index (χ0) is 19.0. The summed E-state index contributed by atoms with van der Waals surface area (Å²) in [6.45, 7) is 0.801. The van der Waals surface area contributed by atoms with Gasteiger partial charge in [-0.25, -0.2) is 9.37 Å². The smallest absolute Gasteiger partial charge is 0.311 e. The lowest BCUT2D eigenvalue weighted by Crippen LogP contribution is -2.37. The standard InChI is InChI=1S/C20H21FN2O4/c21-15-6-2-1-5-14(15)16-10-22-17(27-16)7-8-18(24)23-11-13-4-3-9-20(13,12-23)19(25)26/h1-2,5-6,10,13H,3-4,7-9,11-12H2,(H,25,26)/t13-,20+/m0/s1. The van der Waals surface area contributed by atoms with Gasteiger partial charge in [0.05, 0.1) is 17.2 Å². The van der Waals surface area contributed by atoms with Crippen molar-refractivity contribution in [1.29, 1.82) is 0 Å². The second-order valence-electron chi connectivity index (χ2n) is 7.42. The number of carbonyl (C=O) groups excluding carboxylic acids is 1. The van der Waals surface area contributed by atoms with E-state index in [9.17, 15) is 19.1 Å². The lowest BCUT2D eigenvalue weighted by molar-refractivity contribution is -0.149. The first kappa shape index (κ1) is 17.7. The normalized spacial score (nSPS) is 24.2. The Morgan fingerprint density at radius 2 is 2.19 bits per heavy atom. The highest BCUT2D eigenvalue weighted by Gasteiger charge is 2.55. The third-order valence-corrected chi connectivity index (χ3v) is 5.89. The Kier molecular flexibility index (Phi) is 4.45. The van der Waals surface area contributed by atoms with Crippen molar-refractivity contribution in [3.05, 3.63) is 42.2 Å². The number of fused-ring (bicyclic) bond motifs is 1. The molecule has 6 nitrogen and oxygen atoms in total. The molecule has 1 aromatic carbocycles. The molecule has 142 valence electrons. The van der Waals surface area contributed by atoms with Crippen molar-refractivity contribution in [2.75, 3.05) is 13.1 Å². The number of benzene rings is 1. The zero-order valence-electron chi connectivity index (χ0n) is 14.9. The van der Waals surface area contributed by atoms with Gasteiger partial charge >= 0.3 is 5.97 Å². The van der Waals surface area contributed by atoms with E-state index >= 15 is 0 Å². The van der Waals surface area contributed by atoms with Crippen LogP contribution in [0.1, 0.15) is 31.6 Å². The maximum Gasteiger partial charge on any atom is 0.311 e. The fraction of sp³-hybridized carbons (Fsp3) is 0.450. The van der Waals surface area contributed by atoms with E-state index in [-0.39, 0.29) is 30.6 Å². The molecule has 2 fully saturated rings. The molecule has 1 saturated carbocycles. The summed E-state index contributed by atoms with van der Waals surface area (Å²) >= 11 is 0. The fourth-order valence-electron chi connectivity index (χ4n) is 4.41. The van der Waals surface area contributed by atoms with Gasteiger partial charge in [-0.1, -0.05) is 18.6 Å². The van der Waals surface area contributed by atoms with E-state index in [0.29, 0.717) is 36.6 Å². The van der Waals surface area contributed by atoms with Crippen molar-refractivity contribution < 1.29 is 23.5 Å². The maximum atomic E-state index is 13.8. The molecule has 2 aromatic rings. The second-order valence-corrected chi connectivity index (χ2v) is 7.42. The monoisotopic (exact) mass is 372 g/mol. The molecule has 1 aliphatic heterocycles. The summed E-state index contributed by atoms with van der Waals surface area (Å²) in [5, 5.41) is 9.62. The van der Waals surface area contributed by atoms with E-state index in [4.69, 9.17) is 4.42 Å². The van der Waals surface area contributed by atoms with Crippen LogP contribution in [0.4, 0.5) is 4.39 Å². The van der Waals surface area contributed by atoms with Crippen LogP contribution in [0.2, 0.25) is 0 Å². The summed E-state index contributed by atoms with van der Waals surface area (Å²) in [6, 6.07) is 6.28. The molecule has 0 radical (unpaired) electrons. The number of carboxylic acid groups (broad SMARTS) is 1. The minimum absolute atomic E-state index is 0.0494. The lowest BCUT2D eigenvalue weighted by Gasteiger charge is -2.23. The predicted octanol–water partition coefficient (Wildman–Crippen LogP) is 3.13. The number of rotatable bonds is 5. The minimum atomic E-state index is -0.789. The van der Waals surface area contributed by atoms with Crippen LogP contribution in [-0.2, 0) is 16.0 Å². The molecule has 7 heteroatoms. The number of aryl methyl sites for hydroxylation is 1. The highest BCUT2D eigenvalue weighted by atomic mass is 19.1. The fourth-order valence-corrected chi connectivity index (χ4v) is 4.41. The Morgan fingerprint density at radius 1 is 1.37 bits per heavy atom. The average Bonchev–Trinajstić information content (AvgIpc) is 3.34. The molecule has 0 unspecified atom stereocenters. The number of oxazole rings is 1. The number of aliphatic carboxylic acids is 1. The average molecular weight is 372 g/mol. The third-order valence-electron chi connectivity index (χ3n) is 5.89. The summed E-state index contributed by atoms with van der Waals surface area (Å²) in [6.07, 6.45) is 4.37. The number of carboxylic acids is 1. The molecule has 2 aliphatic rings. The number of hydrogen-bond donors (Lipinski definition) is 1. The molecular formula is C20H21FN2O4. The number of carbonyl (C=O) groups is 2. The van der Waals surface area contributed by atoms with Crippen LogP contribution >= 0.6 is 0 Å². The Labute approximate surface area is 156 Å². The van der Waals surface area contributed by atoms with Gasteiger partial charge < -0.3 is 14.4 Å². The first-order valence-electron chi connectivity index (χ1n) is 9.20. The molecule has 1 saturated heterocycles. The van der Waals surface area contributed by atoms with Crippen LogP contribution in [0.15, 0.2) is 34.9 Å². The van der Waals surface area contributed by atoms with Crippen molar-refractivity contribution in [3.63, 3.8) is 0 Å². The van der Waals surface area contributed by atoms with Crippen LogP contribution in [0.25, 0.3) is 11.3 Å². The molecule has 2 atom stereocenters. The number of amides is 1.